The SMILES string of the molecule is N=C(N)NCCC[C@H](NC(=O)[C@H](CCCNC(=N)N)NC(=O)[C@H](CCCNC(=N)N)NC(=O)[C@H](CCCNC(=N)N)NC(=O)[C@H](CCCNC(=N)N)NC(=O)[C@H](CCCNC(=N)N)NC(=O)[C@H](CCCNC(=N)N)NC(=O)[C@H](CCCNC(=N)N)NC(=O)CCCOc1ccc(/C=C2\SC(=O)NC2=O)c2ccccc12)C(N)=O. The van der Waals surface area contributed by atoms with Crippen molar-refractivity contribution < 1.29 is 57.5 Å². The van der Waals surface area contributed by atoms with Crippen molar-refractivity contribution in [2.24, 2.45) is 51.6 Å². The van der Waals surface area contributed by atoms with E-state index in [1.807, 2.05) is 6.07 Å². The average Bonchev–Trinajstić information content (AvgIpc) is 1.75. The highest BCUT2D eigenvalue weighted by Gasteiger charge is 2.36. The molecule has 0 aromatic heterocycles. The lowest BCUT2D eigenvalue weighted by Crippen LogP contribution is -2.60. The molecule has 1 aliphatic heterocycles. The number of hydrogen-bond acceptors (Lipinski definition) is 21. The first-order chi connectivity index (χ1) is 53.6. The van der Waals surface area contributed by atoms with Gasteiger partial charge in [-0.3, -0.25) is 101 Å². The molecule has 1 saturated heterocycles. The topological polar surface area (TPSA) is 826 Å². The third-order valence-corrected chi connectivity index (χ3v) is 17.5. The van der Waals surface area contributed by atoms with Crippen LogP contribution >= 0.6 is 11.8 Å². The Morgan fingerprint density at radius 3 is 0.894 bits per heavy atom. The minimum atomic E-state index is -1.59. The van der Waals surface area contributed by atoms with Gasteiger partial charge in [0.1, 0.15) is 54.1 Å². The zero-order chi connectivity index (χ0) is 84.0. The van der Waals surface area contributed by atoms with E-state index in [1.54, 1.807) is 36.4 Å². The van der Waals surface area contributed by atoms with Crippen molar-refractivity contribution in [3.63, 3.8) is 0 Å². The quantitative estimate of drug-likeness (QED) is 0.0127. The van der Waals surface area contributed by atoms with Crippen LogP contribution in [0.4, 0.5) is 4.79 Å². The number of ether oxygens (including phenoxy) is 1. The summed E-state index contributed by atoms with van der Waals surface area (Å²) in [5, 5.41) is 106. The molecule has 0 unspecified atom stereocenters. The highest BCUT2D eigenvalue weighted by Crippen LogP contribution is 2.33. The van der Waals surface area contributed by atoms with Crippen molar-refractivity contribution in [2.75, 3.05) is 59.0 Å². The standard InChI is InChI=1S/C66H112N34O12S/c67-49(102)38(14-3-25-84-58(68)69)93-51(104)40(16-5-27-86-60(72)73)95-53(106)42(18-7-29-88-62(76)77)97-55(108)44(20-9-31-90-64(80)81)99-56(109)45(21-10-32-91-65(82)83)98-54(107)43(19-8-30-89-63(78)79)96-52(105)41(17-6-28-87-61(74)75)94-50(103)39(15-4-26-85-59(70)71)92-48(101)22-11-33-112-46-24-23-35(36-12-1-2-13-37(36)46)34-47-57(110)100-66(111)113-47/h1-2,12-13,23-24,34,38-45H,3-11,14-22,25-33H2,(H2,67,102)(H,92,101)(H,93,104)(H,94,103)(H,95,106)(H,96,105)(H,97,108)(H,98,107)(H,99,109)(H4,68,69,84)(H4,70,71,85)(H4,72,73,86)(H4,74,75,87)(H4,76,77,88)(H4,78,79,89)(H4,80,81,90)(H4,82,83,91)(H,100,110,111)/b47-34-/t38-,39-,40-,41-,42-,43-,44-,45-/m0/s1. The Kier molecular flexibility index (Phi) is 43.0. The number of guanidine groups is 8. The number of amides is 11. The third-order valence-electron chi connectivity index (χ3n) is 16.6. The average molecular weight is 1610 g/mol. The minimum absolute atomic E-state index is 0.00388. The van der Waals surface area contributed by atoms with Gasteiger partial charge in [0, 0.05) is 64.2 Å². The summed E-state index contributed by atoms with van der Waals surface area (Å²) >= 11 is 0.777. The fourth-order valence-corrected chi connectivity index (χ4v) is 11.8. The van der Waals surface area contributed by atoms with Crippen molar-refractivity contribution >= 4 is 141 Å². The Bertz CT molecular complexity index is 3720. The van der Waals surface area contributed by atoms with E-state index in [1.165, 1.54) is 0 Å². The Labute approximate surface area is 656 Å². The highest BCUT2D eigenvalue weighted by atomic mass is 32.2. The number of thioether (sulfide) groups is 1. The molecule has 46 nitrogen and oxygen atoms in total. The first-order valence-corrected chi connectivity index (χ1v) is 37.2. The molecule has 0 saturated carbocycles. The zero-order valence-corrected chi connectivity index (χ0v) is 63.6. The second-order valence-electron chi connectivity index (χ2n) is 25.8. The molecule has 113 heavy (non-hydrogen) atoms. The largest absolute Gasteiger partial charge is 0.493 e. The van der Waals surface area contributed by atoms with Gasteiger partial charge in [-0.2, -0.15) is 0 Å². The molecule has 43 N–H and O–H groups in total. The van der Waals surface area contributed by atoms with Crippen LogP contribution in [0.15, 0.2) is 41.3 Å². The molecule has 0 bridgehead atoms. The summed E-state index contributed by atoms with van der Waals surface area (Å²) in [5.74, 6) is -11.4. The molecule has 3 rings (SSSR count). The fraction of sp³-hybridized carbons (Fsp3) is 0.530. The monoisotopic (exact) mass is 1600 g/mol. The summed E-state index contributed by atoms with van der Waals surface area (Å²) in [5.41, 5.74) is 50.5. The van der Waals surface area contributed by atoms with Crippen LogP contribution in [-0.2, 0) is 47.9 Å². The van der Waals surface area contributed by atoms with Crippen molar-refractivity contribution in [3.05, 3.63) is 46.9 Å². The van der Waals surface area contributed by atoms with Gasteiger partial charge in [-0.25, -0.2) is 0 Å². The summed E-state index contributed by atoms with van der Waals surface area (Å²) in [6.45, 7) is 0.278. The molecule has 47 heteroatoms. The fourth-order valence-electron chi connectivity index (χ4n) is 11.1. The van der Waals surface area contributed by atoms with Gasteiger partial charge < -0.3 is 141 Å². The van der Waals surface area contributed by atoms with Gasteiger partial charge in [-0.05, 0) is 144 Å². The number of hydrogen-bond donors (Lipinski definition) is 34. The minimum Gasteiger partial charge on any atom is -0.493 e. The van der Waals surface area contributed by atoms with Crippen LogP contribution < -0.4 is 147 Å². The number of benzene rings is 2. The van der Waals surface area contributed by atoms with Crippen LogP contribution in [0.25, 0.3) is 16.8 Å². The van der Waals surface area contributed by atoms with E-state index in [-0.39, 0.29) is 197 Å². The smallest absolute Gasteiger partial charge is 0.290 e. The molecule has 0 radical (unpaired) electrons. The van der Waals surface area contributed by atoms with Gasteiger partial charge in [0.15, 0.2) is 47.7 Å². The van der Waals surface area contributed by atoms with Gasteiger partial charge in [0.2, 0.25) is 53.2 Å². The number of fused-ring (bicyclic) bond motifs is 1. The molecule has 11 amide bonds. The number of primary amides is 1. The van der Waals surface area contributed by atoms with E-state index in [0.29, 0.717) is 16.7 Å². The Morgan fingerprint density at radius 2 is 0.628 bits per heavy atom. The van der Waals surface area contributed by atoms with Crippen molar-refractivity contribution in [3.8, 4) is 5.75 Å². The van der Waals surface area contributed by atoms with E-state index in [9.17, 15) is 52.7 Å². The van der Waals surface area contributed by atoms with Crippen LogP contribution in [0.2, 0.25) is 0 Å². The lowest BCUT2D eigenvalue weighted by Gasteiger charge is -2.28. The maximum Gasteiger partial charge on any atom is 0.290 e. The summed E-state index contributed by atoms with van der Waals surface area (Å²) < 4.78 is 6.13. The predicted octanol–water partition coefficient (Wildman–Crippen LogP) is -7.21. The van der Waals surface area contributed by atoms with Gasteiger partial charge in [0.05, 0.1) is 11.5 Å². The summed E-state index contributed by atoms with van der Waals surface area (Å²) in [6, 6.07) is -1.13. The molecular weight excluding hydrogens is 1490 g/mol. The second-order valence-corrected chi connectivity index (χ2v) is 26.8. The molecule has 1 heterocycles. The molecule has 0 spiro atoms. The molecule has 624 valence electrons. The highest BCUT2D eigenvalue weighted by molar-refractivity contribution is 8.18. The normalized spacial score (nSPS) is 13.9. The predicted molar refractivity (Wildman–Crippen MR) is 426 cm³/mol. The van der Waals surface area contributed by atoms with Gasteiger partial charge in [0.25, 0.3) is 11.1 Å². The number of rotatable bonds is 54. The van der Waals surface area contributed by atoms with E-state index < -0.39 is 142 Å². The van der Waals surface area contributed by atoms with Crippen LogP contribution in [-0.4, -0.2) is 219 Å². The van der Waals surface area contributed by atoms with Crippen molar-refractivity contribution in [1.29, 1.82) is 43.3 Å². The molecule has 8 atom stereocenters. The van der Waals surface area contributed by atoms with E-state index in [0.717, 1.165) is 17.1 Å². The zero-order valence-electron chi connectivity index (χ0n) is 62.8. The van der Waals surface area contributed by atoms with Gasteiger partial charge >= 0.3 is 0 Å². The lowest BCUT2D eigenvalue weighted by molar-refractivity contribution is -0.136. The number of imide groups is 1. The summed E-state index contributed by atoms with van der Waals surface area (Å²) in [7, 11) is 0. The molecule has 2 aromatic carbocycles. The number of nitrogens with one attached hydrogen (secondary N) is 25. The Balaban J connectivity index is 2.03. The number of nitrogens with two attached hydrogens (primary N) is 9. The van der Waals surface area contributed by atoms with Crippen molar-refractivity contribution in [1.82, 2.24) is 90.4 Å². The summed E-state index contributed by atoms with van der Waals surface area (Å²) in [4.78, 5) is 153. The van der Waals surface area contributed by atoms with E-state index in [2.05, 4.69) is 90.4 Å². The molecule has 0 aliphatic carbocycles. The second kappa shape index (κ2) is 51.5. The molecule has 1 aliphatic rings. The van der Waals surface area contributed by atoms with Gasteiger partial charge in [-0.1, -0.05) is 30.3 Å². The number of carbonyl (C=O) groups excluding carboxylic acids is 11. The van der Waals surface area contributed by atoms with Crippen LogP contribution in [0, 0.1) is 43.3 Å². The molecule has 1 fully saturated rings. The van der Waals surface area contributed by atoms with E-state index in [4.69, 9.17) is 99.6 Å². The maximum atomic E-state index is 14.9. The first kappa shape index (κ1) is 94.3. The Morgan fingerprint density at radius 1 is 0.363 bits per heavy atom. The third kappa shape index (κ3) is 39.4. The first-order valence-electron chi connectivity index (χ1n) is 36.4. The summed E-state index contributed by atoms with van der Waals surface area (Å²) in [6.07, 6.45) is 1.01. The maximum absolute atomic E-state index is 14.9. The van der Waals surface area contributed by atoms with Crippen LogP contribution in [0.3, 0.4) is 0 Å². The molecular formula is C66H112N34O12S. The lowest BCUT2D eigenvalue weighted by atomic mass is 10.0. The Hall–Kier alpha value is -12.9. The van der Waals surface area contributed by atoms with Crippen LogP contribution in [0.5, 0.6) is 5.75 Å². The van der Waals surface area contributed by atoms with Gasteiger partial charge in [-0.15, -0.1) is 0 Å². The van der Waals surface area contributed by atoms with E-state index >= 15 is 0 Å². The number of carbonyl (C=O) groups is 11. The van der Waals surface area contributed by atoms with Crippen LogP contribution in [0.1, 0.15) is 121 Å². The van der Waals surface area contributed by atoms with Crippen molar-refractivity contribution in [2.45, 2.75) is 164 Å². The molecule has 2 aromatic rings.